The fourth-order valence-corrected chi connectivity index (χ4v) is 2.88. The highest BCUT2D eigenvalue weighted by Crippen LogP contribution is 2.25. The van der Waals surface area contributed by atoms with Gasteiger partial charge in [0.25, 0.3) is 5.91 Å². The average Bonchev–Trinajstić information content (AvgIpc) is 3.21. The van der Waals surface area contributed by atoms with Crippen molar-refractivity contribution in [2.45, 2.75) is 6.92 Å². The maximum Gasteiger partial charge on any atom is 0.256 e. The second kappa shape index (κ2) is 6.11. The molecule has 0 atom stereocenters. The highest BCUT2D eigenvalue weighted by atomic mass is 16.1. The maximum atomic E-state index is 13.0. The smallest absolute Gasteiger partial charge is 0.256 e. The number of hydrogen-bond donors (Lipinski definition) is 1. The number of benzene rings is 1. The zero-order chi connectivity index (χ0) is 18.3. The van der Waals surface area contributed by atoms with E-state index in [0.29, 0.717) is 16.9 Å². The van der Waals surface area contributed by atoms with Crippen LogP contribution in [-0.2, 0) is 14.1 Å². The molecule has 1 N–H and O–H groups in total. The third-order valence-electron chi connectivity index (χ3n) is 4.44. The number of carbonyl (C=O) groups is 1. The molecule has 4 aromatic rings. The normalized spacial score (nSPS) is 11.0. The van der Waals surface area contributed by atoms with Crippen LogP contribution in [0, 0.1) is 6.92 Å². The predicted molar refractivity (Wildman–Crippen MR) is 99.8 cm³/mol. The van der Waals surface area contributed by atoms with Crippen LogP contribution in [0.3, 0.4) is 0 Å². The Morgan fingerprint density at radius 2 is 1.92 bits per heavy atom. The molecule has 0 bridgehead atoms. The molecule has 26 heavy (non-hydrogen) atoms. The number of para-hydroxylation sites is 1. The molecule has 0 fully saturated rings. The Labute approximate surface area is 150 Å². The first-order valence-corrected chi connectivity index (χ1v) is 8.21. The lowest BCUT2D eigenvalue weighted by Gasteiger charge is -2.09. The molecule has 1 amide bonds. The topological polar surface area (TPSA) is 77.6 Å². The van der Waals surface area contributed by atoms with Crippen molar-refractivity contribution in [1.82, 2.24) is 24.5 Å². The van der Waals surface area contributed by atoms with Crippen LogP contribution in [0.1, 0.15) is 16.1 Å². The minimum atomic E-state index is -0.190. The van der Waals surface area contributed by atoms with E-state index in [1.54, 1.807) is 27.8 Å². The fraction of sp³-hybridized carbons (Fsp3) is 0.158. The molecule has 3 aromatic heterocycles. The summed E-state index contributed by atoms with van der Waals surface area (Å²) in [6.07, 6.45) is 5.27. The van der Waals surface area contributed by atoms with Crippen molar-refractivity contribution in [3.8, 4) is 11.3 Å². The van der Waals surface area contributed by atoms with Gasteiger partial charge in [-0.15, -0.1) is 0 Å². The van der Waals surface area contributed by atoms with Crippen molar-refractivity contribution >= 4 is 22.5 Å². The Bertz CT molecular complexity index is 1120. The molecule has 0 radical (unpaired) electrons. The lowest BCUT2D eigenvalue weighted by atomic mass is 10.0. The molecule has 0 aliphatic rings. The summed E-state index contributed by atoms with van der Waals surface area (Å²) in [6.45, 7) is 1.91. The van der Waals surface area contributed by atoms with Gasteiger partial charge >= 0.3 is 0 Å². The van der Waals surface area contributed by atoms with Crippen LogP contribution in [0.2, 0.25) is 0 Å². The summed E-state index contributed by atoms with van der Waals surface area (Å²) < 4.78 is 3.44. The minimum absolute atomic E-state index is 0.190. The number of carbonyl (C=O) groups excluding carboxylic acids is 1. The van der Waals surface area contributed by atoms with E-state index < -0.39 is 0 Å². The van der Waals surface area contributed by atoms with E-state index in [-0.39, 0.29) is 5.91 Å². The molecule has 0 aliphatic carbocycles. The van der Waals surface area contributed by atoms with Gasteiger partial charge < -0.3 is 5.32 Å². The largest absolute Gasteiger partial charge is 0.319 e. The van der Waals surface area contributed by atoms with Crippen molar-refractivity contribution in [1.29, 1.82) is 0 Å². The number of hydrogen-bond acceptors (Lipinski definition) is 4. The zero-order valence-electron chi connectivity index (χ0n) is 14.8. The van der Waals surface area contributed by atoms with Gasteiger partial charge in [-0.3, -0.25) is 14.2 Å². The Balaban J connectivity index is 1.82. The molecule has 7 heteroatoms. The van der Waals surface area contributed by atoms with Gasteiger partial charge in [-0.25, -0.2) is 4.98 Å². The summed E-state index contributed by atoms with van der Waals surface area (Å²) in [6, 6.07) is 9.43. The van der Waals surface area contributed by atoms with Crippen LogP contribution in [-0.4, -0.2) is 30.5 Å². The highest BCUT2D eigenvalue weighted by molar-refractivity contribution is 6.13. The summed E-state index contributed by atoms with van der Waals surface area (Å²) in [5.41, 5.74) is 4.50. The first kappa shape index (κ1) is 16.0. The van der Waals surface area contributed by atoms with Crippen molar-refractivity contribution in [3.63, 3.8) is 0 Å². The van der Waals surface area contributed by atoms with Crippen LogP contribution in [0.4, 0.5) is 5.69 Å². The van der Waals surface area contributed by atoms with Crippen molar-refractivity contribution in [3.05, 3.63) is 60.2 Å². The lowest BCUT2D eigenvalue weighted by molar-refractivity contribution is 0.102. The van der Waals surface area contributed by atoms with Gasteiger partial charge in [-0.2, -0.15) is 10.2 Å². The summed E-state index contributed by atoms with van der Waals surface area (Å²) >= 11 is 0. The van der Waals surface area contributed by atoms with E-state index in [2.05, 4.69) is 20.5 Å². The number of nitrogens with one attached hydrogen (secondary N) is 1. The van der Waals surface area contributed by atoms with Gasteiger partial charge in [0, 0.05) is 31.2 Å². The molecule has 0 aliphatic heterocycles. The maximum absolute atomic E-state index is 13.0. The number of fused-ring (bicyclic) bond motifs is 1. The van der Waals surface area contributed by atoms with Crippen molar-refractivity contribution < 1.29 is 4.79 Å². The summed E-state index contributed by atoms with van der Waals surface area (Å²) in [7, 11) is 3.69. The van der Waals surface area contributed by atoms with Gasteiger partial charge in [-0.05, 0) is 19.1 Å². The molecule has 0 saturated heterocycles. The molecular formula is C19H18N6O. The van der Waals surface area contributed by atoms with E-state index >= 15 is 0 Å². The van der Waals surface area contributed by atoms with Crippen LogP contribution in [0.5, 0.6) is 0 Å². The molecule has 7 nitrogen and oxygen atoms in total. The minimum Gasteiger partial charge on any atom is -0.319 e. The predicted octanol–water partition coefficient (Wildman–Crippen LogP) is 2.93. The Kier molecular flexibility index (Phi) is 3.76. The number of rotatable bonds is 3. The second-order valence-electron chi connectivity index (χ2n) is 6.20. The van der Waals surface area contributed by atoms with E-state index in [1.165, 1.54) is 0 Å². The van der Waals surface area contributed by atoms with Gasteiger partial charge in [0.05, 0.1) is 40.5 Å². The Hall–Kier alpha value is -3.48. The Morgan fingerprint density at radius 3 is 2.62 bits per heavy atom. The second-order valence-corrected chi connectivity index (χ2v) is 6.20. The third-order valence-corrected chi connectivity index (χ3v) is 4.44. The number of aryl methyl sites for hydroxylation is 2. The van der Waals surface area contributed by atoms with Crippen LogP contribution < -0.4 is 5.32 Å². The third kappa shape index (κ3) is 2.73. The number of anilines is 1. The molecular weight excluding hydrogens is 328 g/mol. The first-order valence-electron chi connectivity index (χ1n) is 8.21. The van der Waals surface area contributed by atoms with E-state index in [4.69, 9.17) is 0 Å². The molecule has 0 spiro atoms. The molecule has 130 valence electrons. The molecule has 4 rings (SSSR count). The highest BCUT2D eigenvalue weighted by Gasteiger charge is 2.16. The van der Waals surface area contributed by atoms with E-state index in [0.717, 1.165) is 22.2 Å². The molecule has 0 unspecified atom stereocenters. The van der Waals surface area contributed by atoms with Crippen molar-refractivity contribution in [2.75, 3.05) is 5.32 Å². The van der Waals surface area contributed by atoms with E-state index in [9.17, 15) is 4.79 Å². The Morgan fingerprint density at radius 1 is 1.12 bits per heavy atom. The summed E-state index contributed by atoms with van der Waals surface area (Å²) in [5, 5.41) is 12.1. The standard InChI is InChI=1S/C19H18N6O/c1-12-18(10-21-25(12)3)23-19(26)15-8-17(13-9-20-24(2)11-13)22-16-7-5-4-6-14(15)16/h4-11H,1-3H3,(H,23,26). The SMILES string of the molecule is Cc1c(NC(=O)c2cc(-c3cnn(C)c3)nc3ccccc23)cnn1C. The van der Waals surface area contributed by atoms with E-state index in [1.807, 2.05) is 51.5 Å². The van der Waals surface area contributed by atoms with Crippen molar-refractivity contribution in [2.24, 2.45) is 14.1 Å². The monoisotopic (exact) mass is 346 g/mol. The quantitative estimate of drug-likeness (QED) is 0.619. The summed E-state index contributed by atoms with van der Waals surface area (Å²) in [5.74, 6) is -0.190. The van der Waals surface area contributed by atoms with Gasteiger partial charge in [0.1, 0.15) is 0 Å². The van der Waals surface area contributed by atoms with Gasteiger partial charge in [0.2, 0.25) is 0 Å². The average molecular weight is 346 g/mol. The number of aromatic nitrogens is 5. The zero-order valence-corrected chi connectivity index (χ0v) is 14.8. The lowest BCUT2D eigenvalue weighted by Crippen LogP contribution is -2.13. The molecule has 1 aromatic carbocycles. The number of nitrogens with zero attached hydrogens (tertiary/aromatic N) is 5. The fourth-order valence-electron chi connectivity index (χ4n) is 2.88. The van der Waals surface area contributed by atoms with Crippen LogP contribution in [0.15, 0.2) is 48.9 Å². The first-order chi connectivity index (χ1) is 12.5. The molecule has 3 heterocycles. The van der Waals surface area contributed by atoms with Gasteiger partial charge in [-0.1, -0.05) is 18.2 Å². The van der Waals surface area contributed by atoms with Gasteiger partial charge in [0.15, 0.2) is 0 Å². The summed E-state index contributed by atoms with van der Waals surface area (Å²) in [4.78, 5) is 17.7. The number of amides is 1. The van der Waals surface area contributed by atoms with Crippen LogP contribution in [0.25, 0.3) is 22.2 Å². The number of pyridine rings is 1. The van der Waals surface area contributed by atoms with Crippen LogP contribution >= 0.6 is 0 Å². The molecule has 0 saturated carbocycles.